The number of rotatable bonds is 4. The van der Waals surface area contributed by atoms with Crippen molar-refractivity contribution in [1.29, 1.82) is 0 Å². The van der Waals surface area contributed by atoms with Crippen molar-refractivity contribution in [3.63, 3.8) is 0 Å². The second-order valence-corrected chi connectivity index (χ2v) is 6.51. The van der Waals surface area contributed by atoms with Gasteiger partial charge in [0.1, 0.15) is 5.69 Å². The molecule has 2 saturated heterocycles. The highest BCUT2D eigenvalue weighted by Gasteiger charge is 2.24. The van der Waals surface area contributed by atoms with Crippen LogP contribution in [0.25, 0.3) is 0 Å². The van der Waals surface area contributed by atoms with E-state index in [1.165, 1.54) is 0 Å². The summed E-state index contributed by atoms with van der Waals surface area (Å²) >= 11 is 0. The quantitative estimate of drug-likeness (QED) is 0.703. The number of carbonyl (C=O) groups excluding carboxylic acids is 3. The molecule has 1 aromatic rings. The van der Waals surface area contributed by atoms with Gasteiger partial charge < -0.3 is 24.3 Å². The van der Waals surface area contributed by atoms with Crippen LogP contribution in [0.5, 0.6) is 0 Å². The fourth-order valence-corrected chi connectivity index (χ4v) is 3.25. The Bertz CT molecular complexity index is 665. The molecule has 2 aliphatic heterocycles. The fourth-order valence-electron chi connectivity index (χ4n) is 3.25. The Hall–Kier alpha value is -2.84. The zero-order valence-corrected chi connectivity index (χ0v) is 15.5. The Morgan fingerprint density at radius 3 is 2.26 bits per heavy atom. The fraction of sp³-hybridized carbons (Fsp3) is 0.556. The van der Waals surface area contributed by atoms with E-state index in [-0.39, 0.29) is 12.0 Å². The topological polar surface area (TPSA) is 86.3 Å². The highest BCUT2D eigenvalue weighted by atomic mass is 16.6. The molecule has 0 N–H and O–H groups in total. The largest absolute Gasteiger partial charge is 0.450 e. The number of pyridine rings is 1. The van der Waals surface area contributed by atoms with Gasteiger partial charge >= 0.3 is 6.09 Å². The number of ether oxygens (including phenoxy) is 1. The number of carbonyl (C=O) groups is 3. The average Bonchev–Trinajstić information content (AvgIpc) is 2.74. The molecule has 0 aromatic carbocycles. The van der Waals surface area contributed by atoms with Gasteiger partial charge in [0.15, 0.2) is 0 Å². The maximum atomic E-state index is 12.5. The van der Waals surface area contributed by atoms with E-state index in [1.807, 2.05) is 6.07 Å². The molecule has 0 atom stereocenters. The molecule has 9 nitrogen and oxygen atoms in total. The summed E-state index contributed by atoms with van der Waals surface area (Å²) in [4.78, 5) is 46.6. The van der Waals surface area contributed by atoms with Gasteiger partial charge in [0.05, 0.1) is 18.5 Å². The van der Waals surface area contributed by atoms with Gasteiger partial charge in [0.25, 0.3) is 5.91 Å². The van der Waals surface area contributed by atoms with E-state index in [2.05, 4.69) is 9.88 Å². The van der Waals surface area contributed by atoms with Gasteiger partial charge in [-0.3, -0.25) is 9.59 Å². The van der Waals surface area contributed by atoms with Gasteiger partial charge in [0.2, 0.25) is 6.41 Å². The Morgan fingerprint density at radius 2 is 1.70 bits per heavy atom. The number of amides is 3. The molecule has 3 heterocycles. The van der Waals surface area contributed by atoms with E-state index in [9.17, 15) is 14.4 Å². The first kappa shape index (κ1) is 18.9. The first-order chi connectivity index (χ1) is 13.1. The lowest BCUT2D eigenvalue weighted by Crippen LogP contribution is -2.49. The predicted molar refractivity (Wildman–Crippen MR) is 98.6 cm³/mol. The third-order valence-corrected chi connectivity index (χ3v) is 4.89. The predicted octanol–water partition coefficient (Wildman–Crippen LogP) is 0.274. The SMILES string of the molecule is CCOC(=O)N1CCN(c2ccc(C(=O)N3CCN(C=O)CC3)nc2)CC1. The monoisotopic (exact) mass is 375 g/mol. The van der Waals surface area contributed by atoms with Crippen molar-refractivity contribution in [1.82, 2.24) is 19.7 Å². The van der Waals surface area contributed by atoms with Crippen molar-refractivity contribution < 1.29 is 19.1 Å². The van der Waals surface area contributed by atoms with E-state index in [0.29, 0.717) is 64.7 Å². The molecule has 0 saturated carbocycles. The van der Waals surface area contributed by atoms with Crippen molar-refractivity contribution in [3.8, 4) is 0 Å². The summed E-state index contributed by atoms with van der Waals surface area (Å²) in [6.07, 6.45) is 2.25. The Kier molecular flexibility index (Phi) is 6.10. The summed E-state index contributed by atoms with van der Waals surface area (Å²) in [7, 11) is 0. The maximum Gasteiger partial charge on any atom is 0.409 e. The van der Waals surface area contributed by atoms with Gasteiger partial charge in [-0.05, 0) is 19.1 Å². The summed E-state index contributed by atoms with van der Waals surface area (Å²) in [6, 6.07) is 3.63. The Morgan fingerprint density at radius 1 is 1.04 bits per heavy atom. The molecule has 1 aromatic heterocycles. The van der Waals surface area contributed by atoms with Crippen LogP contribution in [-0.2, 0) is 9.53 Å². The first-order valence-corrected chi connectivity index (χ1v) is 9.23. The molecule has 146 valence electrons. The number of hydrogen-bond acceptors (Lipinski definition) is 6. The molecule has 0 aliphatic carbocycles. The summed E-state index contributed by atoms with van der Waals surface area (Å²) in [5, 5.41) is 0. The molecular weight excluding hydrogens is 350 g/mol. The lowest BCUT2D eigenvalue weighted by Gasteiger charge is -2.35. The number of anilines is 1. The normalized spacial score (nSPS) is 17.7. The molecule has 27 heavy (non-hydrogen) atoms. The van der Waals surface area contributed by atoms with E-state index >= 15 is 0 Å². The lowest BCUT2D eigenvalue weighted by atomic mass is 10.2. The summed E-state index contributed by atoms with van der Waals surface area (Å²) in [5.41, 5.74) is 1.34. The minimum Gasteiger partial charge on any atom is -0.450 e. The lowest BCUT2D eigenvalue weighted by molar-refractivity contribution is -0.119. The van der Waals surface area contributed by atoms with Crippen molar-refractivity contribution in [2.75, 3.05) is 63.9 Å². The molecule has 0 spiro atoms. The number of nitrogens with zero attached hydrogens (tertiary/aromatic N) is 5. The molecule has 0 bridgehead atoms. The van der Waals surface area contributed by atoms with Crippen molar-refractivity contribution in [2.45, 2.75) is 6.92 Å². The van der Waals surface area contributed by atoms with Gasteiger partial charge in [-0.15, -0.1) is 0 Å². The number of piperazine rings is 2. The summed E-state index contributed by atoms with van der Waals surface area (Å²) < 4.78 is 5.03. The minimum atomic E-state index is -0.272. The molecule has 0 radical (unpaired) electrons. The van der Waals surface area contributed by atoms with E-state index < -0.39 is 0 Å². The van der Waals surface area contributed by atoms with Gasteiger partial charge in [0, 0.05) is 52.4 Å². The average molecular weight is 375 g/mol. The van der Waals surface area contributed by atoms with Crippen LogP contribution in [0, 0.1) is 0 Å². The van der Waals surface area contributed by atoms with Gasteiger partial charge in [-0.25, -0.2) is 9.78 Å². The first-order valence-electron chi connectivity index (χ1n) is 9.23. The van der Waals surface area contributed by atoms with Crippen LogP contribution in [0.4, 0.5) is 10.5 Å². The van der Waals surface area contributed by atoms with Crippen LogP contribution in [-0.4, -0.2) is 97.1 Å². The van der Waals surface area contributed by atoms with Crippen molar-refractivity contribution in [3.05, 3.63) is 24.0 Å². The van der Waals surface area contributed by atoms with Crippen LogP contribution >= 0.6 is 0 Å². The zero-order valence-electron chi connectivity index (χ0n) is 15.5. The van der Waals surface area contributed by atoms with E-state index in [0.717, 1.165) is 12.1 Å². The third kappa shape index (κ3) is 4.47. The second-order valence-electron chi connectivity index (χ2n) is 6.51. The van der Waals surface area contributed by atoms with Crippen LogP contribution in [0.2, 0.25) is 0 Å². The molecule has 3 rings (SSSR count). The van der Waals surface area contributed by atoms with Crippen LogP contribution in [0.3, 0.4) is 0 Å². The Labute approximate surface area is 158 Å². The van der Waals surface area contributed by atoms with Crippen molar-refractivity contribution in [2.24, 2.45) is 0 Å². The third-order valence-electron chi connectivity index (χ3n) is 4.89. The highest BCUT2D eigenvalue weighted by molar-refractivity contribution is 5.92. The van der Waals surface area contributed by atoms with Crippen LogP contribution in [0.15, 0.2) is 18.3 Å². The number of aromatic nitrogens is 1. The van der Waals surface area contributed by atoms with E-state index in [1.54, 1.807) is 33.9 Å². The maximum absolute atomic E-state index is 12.5. The molecule has 2 aliphatic rings. The standard InChI is InChI=1S/C18H25N5O4/c1-2-27-18(26)23-11-9-21(10-12-23)15-3-4-16(19-13-15)17(25)22-7-5-20(14-24)6-8-22/h3-4,13-14H,2,5-12H2,1H3. The van der Waals surface area contributed by atoms with Crippen LogP contribution < -0.4 is 4.90 Å². The molecular formula is C18H25N5O4. The highest BCUT2D eigenvalue weighted by Crippen LogP contribution is 2.17. The van der Waals surface area contributed by atoms with Gasteiger partial charge in [-0.2, -0.15) is 0 Å². The van der Waals surface area contributed by atoms with Gasteiger partial charge in [-0.1, -0.05) is 0 Å². The summed E-state index contributed by atoms with van der Waals surface area (Å²) in [5.74, 6) is -0.112. The second kappa shape index (κ2) is 8.70. The minimum absolute atomic E-state index is 0.112. The molecule has 0 unspecified atom stereocenters. The molecule has 3 amide bonds. The van der Waals surface area contributed by atoms with E-state index in [4.69, 9.17) is 4.74 Å². The Balaban J connectivity index is 1.54. The smallest absolute Gasteiger partial charge is 0.409 e. The number of hydrogen-bond donors (Lipinski definition) is 0. The molecule has 9 heteroatoms. The van der Waals surface area contributed by atoms with Crippen molar-refractivity contribution >= 4 is 24.1 Å². The van der Waals surface area contributed by atoms with Crippen LogP contribution in [0.1, 0.15) is 17.4 Å². The summed E-state index contributed by atoms with van der Waals surface area (Å²) in [6.45, 7) is 6.92. The zero-order chi connectivity index (χ0) is 19.2. The molecule has 2 fully saturated rings.